The summed E-state index contributed by atoms with van der Waals surface area (Å²) < 4.78 is 10.8. The molecule has 0 spiro atoms. The van der Waals surface area contributed by atoms with Crippen molar-refractivity contribution in [2.45, 2.75) is 12.8 Å². The van der Waals surface area contributed by atoms with Crippen molar-refractivity contribution in [1.82, 2.24) is 10.3 Å². The highest BCUT2D eigenvalue weighted by molar-refractivity contribution is 5.94. The molecule has 5 heteroatoms. The van der Waals surface area contributed by atoms with Gasteiger partial charge in [-0.25, -0.2) is 0 Å². The Kier molecular flexibility index (Phi) is 6.22. The number of benzene rings is 3. The average Bonchev–Trinajstić information content (AvgIpc) is 3.24. The summed E-state index contributed by atoms with van der Waals surface area (Å²) in [6.07, 6.45) is 2.03. The van der Waals surface area contributed by atoms with Crippen LogP contribution in [0.15, 0.2) is 79.0 Å². The lowest BCUT2D eigenvalue weighted by Gasteiger charge is -2.19. The third-order valence-corrected chi connectivity index (χ3v) is 5.41. The number of para-hydroxylation sites is 1. The van der Waals surface area contributed by atoms with Gasteiger partial charge in [0.1, 0.15) is 11.5 Å². The summed E-state index contributed by atoms with van der Waals surface area (Å²) in [6, 6.07) is 23.4. The maximum absolute atomic E-state index is 12.8. The molecule has 31 heavy (non-hydrogen) atoms. The molecular weight excluding hydrogens is 388 g/mol. The molecule has 1 aromatic heterocycles. The number of fused-ring (bicyclic) bond motifs is 1. The van der Waals surface area contributed by atoms with Gasteiger partial charge in [-0.1, -0.05) is 30.3 Å². The smallest absolute Gasteiger partial charge is 0.251 e. The van der Waals surface area contributed by atoms with Crippen molar-refractivity contribution in [2.75, 3.05) is 20.3 Å². The lowest BCUT2D eigenvalue weighted by atomic mass is 9.90. The van der Waals surface area contributed by atoms with E-state index in [2.05, 4.69) is 22.4 Å². The zero-order valence-corrected chi connectivity index (χ0v) is 17.7. The molecule has 5 nitrogen and oxygen atoms in total. The molecule has 0 aliphatic carbocycles. The second kappa shape index (κ2) is 9.39. The minimum absolute atomic E-state index is 0.00583. The van der Waals surface area contributed by atoms with Crippen molar-refractivity contribution in [2.24, 2.45) is 0 Å². The number of aromatic amines is 1. The fraction of sp³-hybridized carbons (Fsp3) is 0.192. The van der Waals surface area contributed by atoms with Gasteiger partial charge in [0.15, 0.2) is 0 Å². The summed E-state index contributed by atoms with van der Waals surface area (Å²) in [5.74, 6) is 1.45. The number of H-pyrrole nitrogens is 1. The van der Waals surface area contributed by atoms with Crippen LogP contribution < -0.4 is 14.8 Å². The van der Waals surface area contributed by atoms with Gasteiger partial charge in [-0.15, -0.1) is 0 Å². The zero-order valence-electron chi connectivity index (χ0n) is 17.7. The van der Waals surface area contributed by atoms with Gasteiger partial charge in [-0.2, -0.15) is 0 Å². The molecule has 0 saturated heterocycles. The maximum atomic E-state index is 12.8. The van der Waals surface area contributed by atoms with Crippen LogP contribution >= 0.6 is 0 Å². The highest BCUT2D eigenvalue weighted by Crippen LogP contribution is 2.31. The highest BCUT2D eigenvalue weighted by Gasteiger charge is 2.19. The SMILES string of the molecule is CCOc1ccc(C(=O)NC[C@@H](c2ccc(OC)cc2)c2c[nH]c3ccccc23)cc1. The Bertz CT molecular complexity index is 1150. The third kappa shape index (κ3) is 4.56. The molecule has 0 fully saturated rings. The van der Waals surface area contributed by atoms with E-state index < -0.39 is 0 Å². The fourth-order valence-electron chi connectivity index (χ4n) is 3.79. The van der Waals surface area contributed by atoms with Gasteiger partial charge in [-0.05, 0) is 60.5 Å². The molecule has 3 aromatic carbocycles. The van der Waals surface area contributed by atoms with E-state index in [-0.39, 0.29) is 11.8 Å². The lowest BCUT2D eigenvalue weighted by Crippen LogP contribution is -2.28. The van der Waals surface area contributed by atoms with Crippen LogP contribution in [0.1, 0.15) is 34.3 Å². The van der Waals surface area contributed by atoms with Gasteiger partial charge in [0.05, 0.1) is 13.7 Å². The molecule has 1 heterocycles. The first kappa shape index (κ1) is 20.5. The van der Waals surface area contributed by atoms with E-state index in [0.717, 1.165) is 33.5 Å². The van der Waals surface area contributed by atoms with Gasteiger partial charge < -0.3 is 19.8 Å². The van der Waals surface area contributed by atoms with E-state index in [0.29, 0.717) is 18.7 Å². The Morgan fingerprint density at radius 2 is 1.68 bits per heavy atom. The second-order valence-electron chi connectivity index (χ2n) is 7.28. The quantitative estimate of drug-likeness (QED) is 0.420. The van der Waals surface area contributed by atoms with Gasteiger partial charge in [0.2, 0.25) is 0 Å². The van der Waals surface area contributed by atoms with Crippen LogP contribution in [0.3, 0.4) is 0 Å². The van der Waals surface area contributed by atoms with Crippen LogP contribution in [0, 0.1) is 0 Å². The van der Waals surface area contributed by atoms with Crippen LogP contribution in [-0.2, 0) is 0 Å². The van der Waals surface area contributed by atoms with E-state index >= 15 is 0 Å². The number of hydrogen-bond donors (Lipinski definition) is 2. The van der Waals surface area contributed by atoms with E-state index in [1.54, 1.807) is 19.2 Å². The van der Waals surface area contributed by atoms with Crippen LogP contribution in [-0.4, -0.2) is 31.2 Å². The number of amides is 1. The van der Waals surface area contributed by atoms with Gasteiger partial charge in [0.25, 0.3) is 5.91 Å². The molecule has 1 amide bonds. The number of carbonyl (C=O) groups excluding carboxylic acids is 1. The summed E-state index contributed by atoms with van der Waals surface area (Å²) in [5.41, 5.74) is 3.94. The molecule has 0 aliphatic rings. The van der Waals surface area contributed by atoms with Crippen LogP contribution in [0.5, 0.6) is 11.5 Å². The Balaban J connectivity index is 1.59. The monoisotopic (exact) mass is 414 g/mol. The number of carbonyl (C=O) groups is 1. The van der Waals surface area contributed by atoms with Crippen molar-refractivity contribution in [3.63, 3.8) is 0 Å². The van der Waals surface area contributed by atoms with Crippen LogP contribution in [0.4, 0.5) is 0 Å². The zero-order chi connectivity index (χ0) is 21.6. The Morgan fingerprint density at radius 1 is 0.968 bits per heavy atom. The van der Waals surface area contributed by atoms with E-state index in [4.69, 9.17) is 9.47 Å². The van der Waals surface area contributed by atoms with E-state index in [1.807, 2.05) is 61.7 Å². The molecule has 4 aromatic rings. The maximum Gasteiger partial charge on any atom is 0.251 e. The average molecular weight is 415 g/mol. The van der Waals surface area contributed by atoms with E-state index in [1.165, 1.54) is 0 Å². The molecule has 0 aliphatic heterocycles. The molecular formula is C26H26N2O3. The molecule has 0 saturated carbocycles. The van der Waals surface area contributed by atoms with Crippen LogP contribution in [0.25, 0.3) is 10.9 Å². The molecule has 0 radical (unpaired) electrons. The first-order valence-electron chi connectivity index (χ1n) is 10.4. The Hall–Kier alpha value is -3.73. The summed E-state index contributed by atoms with van der Waals surface area (Å²) in [7, 11) is 1.66. The van der Waals surface area contributed by atoms with Crippen molar-refractivity contribution < 1.29 is 14.3 Å². The number of methoxy groups -OCH3 is 1. The predicted molar refractivity (Wildman–Crippen MR) is 123 cm³/mol. The second-order valence-corrected chi connectivity index (χ2v) is 7.28. The first-order chi connectivity index (χ1) is 15.2. The summed E-state index contributed by atoms with van der Waals surface area (Å²) in [6.45, 7) is 3.00. The summed E-state index contributed by atoms with van der Waals surface area (Å²) in [4.78, 5) is 16.2. The van der Waals surface area contributed by atoms with Gasteiger partial charge >= 0.3 is 0 Å². The van der Waals surface area contributed by atoms with E-state index in [9.17, 15) is 4.79 Å². The number of aromatic nitrogens is 1. The Labute approximate surface area is 182 Å². The largest absolute Gasteiger partial charge is 0.497 e. The Morgan fingerprint density at radius 3 is 2.39 bits per heavy atom. The van der Waals surface area contributed by atoms with Crippen LogP contribution in [0.2, 0.25) is 0 Å². The van der Waals surface area contributed by atoms with Crippen molar-refractivity contribution in [3.05, 3.63) is 95.7 Å². The topological polar surface area (TPSA) is 63.4 Å². The van der Waals surface area contributed by atoms with Gasteiger partial charge in [-0.3, -0.25) is 4.79 Å². The normalized spacial score (nSPS) is 11.8. The predicted octanol–water partition coefficient (Wildman–Crippen LogP) is 5.14. The minimum Gasteiger partial charge on any atom is -0.497 e. The third-order valence-electron chi connectivity index (χ3n) is 5.41. The summed E-state index contributed by atoms with van der Waals surface area (Å²) in [5, 5.41) is 4.26. The summed E-state index contributed by atoms with van der Waals surface area (Å²) >= 11 is 0. The highest BCUT2D eigenvalue weighted by atomic mass is 16.5. The van der Waals surface area contributed by atoms with Crippen molar-refractivity contribution in [1.29, 1.82) is 0 Å². The molecule has 0 unspecified atom stereocenters. The van der Waals surface area contributed by atoms with Crippen molar-refractivity contribution in [3.8, 4) is 11.5 Å². The lowest BCUT2D eigenvalue weighted by molar-refractivity contribution is 0.0952. The molecule has 4 rings (SSSR count). The molecule has 0 bridgehead atoms. The molecule has 2 N–H and O–H groups in total. The van der Waals surface area contributed by atoms with Gasteiger partial charge in [0, 0.05) is 35.1 Å². The standard InChI is InChI=1S/C26H26N2O3/c1-3-31-21-14-10-19(11-15-21)26(29)28-16-23(18-8-12-20(30-2)13-9-18)24-17-27-25-7-5-4-6-22(24)25/h4-15,17,23,27H,3,16H2,1-2H3,(H,28,29)/t23-/m0/s1. The number of nitrogens with one attached hydrogen (secondary N) is 2. The molecule has 1 atom stereocenters. The first-order valence-corrected chi connectivity index (χ1v) is 10.4. The molecule has 158 valence electrons. The van der Waals surface area contributed by atoms with Crippen molar-refractivity contribution >= 4 is 16.8 Å². The fourth-order valence-corrected chi connectivity index (χ4v) is 3.79. The number of rotatable bonds is 8. The minimum atomic E-state index is -0.110. The number of ether oxygens (including phenoxy) is 2. The number of hydrogen-bond acceptors (Lipinski definition) is 3.